The standard InChI is InChI=1S/C12H19N3O/c1-3-4-5-9(2)15-12(16)11-7-6-10(13)8-14-11/h6-9H,3-5,13H2,1-2H3,(H,15,16). The molecule has 0 aliphatic carbocycles. The van der Waals surface area contributed by atoms with E-state index in [2.05, 4.69) is 17.2 Å². The zero-order chi connectivity index (χ0) is 12.0. The van der Waals surface area contributed by atoms with Gasteiger partial charge >= 0.3 is 0 Å². The van der Waals surface area contributed by atoms with E-state index in [4.69, 9.17) is 5.73 Å². The zero-order valence-corrected chi connectivity index (χ0v) is 9.86. The predicted molar refractivity (Wildman–Crippen MR) is 65.1 cm³/mol. The van der Waals surface area contributed by atoms with Gasteiger partial charge in [-0.1, -0.05) is 19.8 Å². The summed E-state index contributed by atoms with van der Waals surface area (Å²) in [6.45, 7) is 4.14. The van der Waals surface area contributed by atoms with Crippen molar-refractivity contribution in [2.45, 2.75) is 39.2 Å². The number of carbonyl (C=O) groups excluding carboxylic acids is 1. The van der Waals surface area contributed by atoms with Gasteiger partial charge in [0.1, 0.15) is 5.69 Å². The van der Waals surface area contributed by atoms with Crippen LogP contribution in [0.5, 0.6) is 0 Å². The molecule has 0 saturated carbocycles. The fraction of sp³-hybridized carbons (Fsp3) is 0.500. The molecule has 1 aromatic heterocycles. The number of unbranched alkanes of at least 4 members (excludes halogenated alkanes) is 1. The maximum atomic E-state index is 11.7. The van der Waals surface area contributed by atoms with Gasteiger partial charge in [-0.05, 0) is 25.5 Å². The van der Waals surface area contributed by atoms with Crippen LogP contribution in [-0.4, -0.2) is 16.9 Å². The van der Waals surface area contributed by atoms with Crippen LogP contribution < -0.4 is 11.1 Å². The highest BCUT2D eigenvalue weighted by molar-refractivity contribution is 5.92. The molecule has 1 unspecified atom stereocenters. The lowest BCUT2D eigenvalue weighted by atomic mass is 10.1. The average molecular weight is 221 g/mol. The fourth-order valence-electron chi connectivity index (χ4n) is 1.42. The van der Waals surface area contributed by atoms with Crippen LogP contribution in [0.15, 0.2) is 18.3 Å². The van der Waals surface area contributed by atoms with E-state index in [-0.39, 0.29) is 11.9 Å². The van der Waals surface area contributed by atoms with E-state index < -0.39 is 0 Å². The average Bonchev–Trinajstić information content (AvgIpc) is 2.27. The van der Waals surface area contributed by atoms with Gasteiger partial charge in [-0.25, -0.2) is 4.98 Å². The van der Waals surface area contributed by atoms with Gasteiger partial charge in [0.05, 0.1) is 11.9 Å². The molecule has 0 aromatic carbocycles. The number of nitrogens with one attached hydrogen (secondary N) is 1. The lowest BCUT2D eigenvalue weighted by Gasteiger charge is -2.12. The van der Waals surface area contributed by atoms with E-state index in [1.165, 1.54) is 6.20 Å². The third kappa shape index (κ3) is 3.88. The van der Waals surface area contributed by atoms with Crippen LogP contribution in [0.1, 0.15) is 43.6 Å². The minimum absolute atomic E-state index is 0.136. The largest absolute Gasteiger partial charge is 0.397 e. The van der Waals surface area contributed by atoms with Gasteiger partial charge in [-0.3, -0.25) is 4.79 Å². The van der Waals surface area contributed by atoms with Crippen LogP contribution in [0, 0.1) is 0 Å². The SMILES string of the molecule is CCCCC(C)NC(=O)c1ccc(N)cn1. The number of hydrogen-bond acceptors (Lipinski definition) is 3. The number of hydrogen-bond donors (Lipinski definition) is 2. The van der Waals surface area contributed by atoms with E-state index >= 15 is 0 Å². The topological polar surface area (TPSA) is 68.0 Å². The van der Waals surface area contributed by atoms with Crippen LogP contribution in [0.25, 0.3) is 0 Å². The Labute approximate surface area is 96.3 Å². The van der Waals surface area contributed by atoms with Gasteiger partial charge in [-0.15, -0.1) is 0 Å². The first-order valence-corrected chi connectivity index (χ1v) is 5.66. The first-order valence-electron chi connectivity index (χ1n) is 5.66. The number of rotatable bonds is 5. The molecular formula is C12H19N3O. The van der Waals surface area contributed by atoms with E-state index in [1.807, 2.05) is 6.92 Å². The molecule has 0 aliphatic heterocycles. The molecule has 0 spiro atoms. The van der Waals surface area contributed by atoms with Crippen LogP contribution in [-0.2, 0) is 0 Å². The smallest absolute Gasteiger partial charge is 0.270 e. The lowest BCUT2D eigenvalue weighted by molar-refractivity contribution is 0.0933. The van der Waals surface area contributed by atoms with Crippen LogP contribution >= 0.6 is 0 Å². The molecule has 1 atom stereocenters. The van der Waals surface area contributed by atoms with Gasteiger partial charge in [-0.2, -0.15) is 0 Å². The van der Waals surface area contributed by atoms with Crippen molar-refractivity contribution in [1.29, 1.82) is 0 Å². The number of nitrogens with zero attached hydrogens (tertiary/aromatic N) is 1. The second kappa shape index (κ2) is 6.10. The van der Waals surface area contributed by atoms with Crippen molar-refractivity contribution in [3.8, 4) is 0 Å². The van der Waals surface area contributed by atoms with Gasteiger partial charge in [0, 0.05) is 6.04 Å². The molecule has 0 saturated heterocycles. The molecule has 1 amide bonds. The Balaban J connectivity index is 2.48. The molecule has 0 fully saturated rings. The quantitative estimate of drug-likeness (QED) is 0.798. The lowest BCUT2D eigenvalue weighted by Crippen LogP contribution is -2.32. The minimum Gasteiger partial charge on any atom is -0.397 e. The van der Waals surface area contributed by atoms with E-state index in [0.29, 0.717) is 11.4 Å². The summed E-state index contributed by atoms with van der Waals surface area (Å²) in [5.74, 6) is -0.136. The molecule has 0 radical (unpaired) electrons. The summed E-state index contributed by atoms with van der Waals surface area (Å²) < 4.78 is 0. The summed E-state index contributed by atoms with van der Waals surface area (Å²) in [5.41, 5.74) is 6.48. The molecule has 88 valence electrons. The molecule has 0 bridgehead atoms. The van der Waals surface area contributed by atoms with E-state index in [0.717, 1.165) is 19.3 Å². The van der Waals surface area contributed by atoms with E-state index in [9.17, 15) is 4.79 Å². The number of nitrogen functional groups attached to an aromatic ring is 1. The maximum Gasteiger partial charge on any atom is 0.270 e. The molecule has 1 heterocycles. The Bertz CT molecular complexity index is 335. The molecule has 1 rings (SSSR count). The number of aromatic nitrogens is 1. The first-order chi connectivity index (χ1) is 7.63. The third-order valence-corrected chi connectivity index (χ3v) is 2.39. The molecule has 16 heavy (non-hydrogen) atoms. The Hall–Kier alpha value is -1.58. The second-order valence-electron chi connectivity index (χ2n) is 3.99. The van der Waals surface area contributed by atoms with Gasteiger partial charge in [0.15, 0.2) is 0 Å². The van der Waals surface area contributed by atoms with Crippen LogP contribution in [0.2, 0.25) is 0 Å². The third-order valence-electron chi connectivity index (χ3n) is 2.39. The molecule has 3 N–H and O–H groups in total. The highest BCUT2D eigenvalue weighted by atomic mass is 16.1. The van der Waals surface area contributed by atoms with Crippen LogP contribution in [0.3, 0.4) is 0 Å². The fourth-order valence-corrected chi connectivity index (χ4v) is 1.42. The maximum absolute atomic E-state index is 11.7. The summed E-state index contributed by atoms with van der Waals surface area (Å²) in [7, 11) is 0. The summed E-state index contributed by atoms with van der Waals surface area (Å²) in [6, 6.07) is 3.50. The number of pyridine rings is 1. The summed E-state index contributed by atoms with van der Waals surface area (Å²) >= 11 is 0. The zero-order valence-electron chi connectivity index (χ0n) is 9.86. The highest BCUT2D eigenvalue weighted by Crippen LogP contribution is 2.03. The molecule has 4 heteroatoms. The van der Waals surface area contributed by atoms with Crippen molar-refractivity contribution in [2.24, 2.45) is 0 Å². The monoisotopic (exact) mass is 221 g/mol. The Morgan fingerprint density at radius 3 is 2.88 bits per heavy atom. The molecular weight excluding hydrogens is 202 g/mol. The van der Waals surface area contributed by atoms with Gasteiger partial charge in [0.2, 0.25) is 0 Å². The number of amides is 1. The molecule has 4 nitrogen and oxygen atoms in total. The second-order valence-corrected chi connectivity index (χ2v) is 3.99. The minimum atomic E-state index is -0.136. The summed E-state index contributed by atoms with van der Waals surface area (Å²) in [6.07, 6.45) is 4.75. The highest BCUT2D eigenvalue weighted by Gasteiger charge is 2.09. The van der Waals surface area contributed by atoms with Crippen molar-refractivity contribution in [2.75, 3.05) is 5.73 Å². The van der Waals surface area contributed by atoms with Crippen LogP contribution in [0.4, 0.5) is 5.69 Å². The van der Waals surface area contributed by atoms with Crippen molar-refractivity contribution in [3.05, 3.63) is 24.0 Å². The number of nitrogens with two attached hydrogens (primary N) is 1. The van der Waals surface area contributed by atoms with Gasteiger partial charge in [0.25, 0.3) is 5.91 Å². The normalized spacial score (nSPS) is 12.1. The predicted octanol–water partition coefficient (Wildman–Crippen LogP) is 1.97. The van der Waals surface area contributed by atoms with Crippen molar-refractivity contribution >= 4 is 11.6 Å². The van der Waals surface area contributed by atoms with E-state index in [1.54, 1.807) is 12.1 Å². The molecule has 1 aromatic rings. The number of anilines is 1. The Kier molecular flexibility index (Phi) is 4.76. The Morgan fingerprint density at radius 1 is 1.56 bits per heavy atom. The van der Waals surface area contributed by atoms with Crippen molar-refractivity contribution in [3.63, 3.8) is 0 Å². The van der Waals surface area contributed by atoms with Crippen molar-refractivity contribution < 1.29 is 4.79 Å². The van der Waals surface area contributed by atoms with Crippen molar-refractivity contribution in [1.82, 2.24) is 10.3 Å². The van der Waals surface area contributed by atoms with Gasteiger partial charge < -0.3 is 11.1 Å². The summed E-state index contributed by atoms with van der Waals surface area (Å²) in [5, 5.41) is 2.91. The molecule has 0 aliphatic rings. The Morgan fingerprint density at radius 2 is 2.31 bits per heavy atom. The number of carbonyl (C=O) groups is 1. The first kappa shape index (κ1) is 12.5. The summed E-state index contributed by atoms with van der Waals surface area (Å²) in [4.78, 5) is 15.7.